The van der Waals surface area contributed by atoms with Gasteiger partial charge >= 0.3 is 0 Å². The van der Waals surface area contributed by atoms with Crippen molar-refractivity contribution in [1.29, 1.82) is 0 Å². The molecule has 1 aromatic carbocycles. The van der Waals surface area contributed by atoms with Crippen molar-refractivity contribution >= 4 is 11.4 Å². The van der Waals surface area contributed by atoms with E-state index in [1.54, 1.807) is 13.2 Å². The number of rotatable bonds is 4. The van der Waals surface area contributed by atoms with E-state index in [9.17, 15) is 0 Å². The summed E-state index contributed by atoms with van der Waals surface area (Å²) < 4.78 is 5.12. The van der Waals surface area contributed by atoms with E-state index in [1.807, 2.05) is 12.1 Å². The maximum Gasteiger partial charge on any atom is 0.143 e. The summed E-state index contributed by atoms with van der Waals surface area (Å²) in [6, 6.07) is 5.45. The number of nitrogen functional groups attached to an aromatic ring is 1. The van der Waals surface area contributed by atoms with Crippen LogP contribution in [-0.4, -0.2) is 22.3 Å². The molecule has 0 bridgehead atoms. The minimum absolute atomic E-state index is 0.539. The molecule has 2 rings (SSSR count). The van der Waals surface area contributed by atoms with Crippen molar-refractivity contribution in [2.75, 3.05) is 18.2 Å². The zero-order valence-corrected chi connectivity index (χ0v) is 8.90. The molecule has 0 saturated carbocycles. The van der Waals surface area contributed by atoms with E-state index < -0.39 is 0 Å². The number of H-pyrrole nitrogens is 1. The molecular weight excluding hydrogens is 206 g/mol. The average Bonchev–Trinajstić information content (AvgIpc) is 2.81. The summed E-state index contributed by atoms with van der Waals surface area (Å²) >= 11 is 0. The fraction of sp³-hybridized carbons (Fsp3) is 0.200. The van der Waals surface area contributed by atoms with Crippen LogP contribution in [0.25, 0.3) is 0 Å². The third-order valence-corrected chi connectivity index (χ3v) is 2.17. The number of anilines is 2. The molecule has 4 N–H and O–H groups in total. The lowest BCUT2D eigenvalue weighted by atomic mass is 10.2. The van der Waals surface area contributed by atoms with Gasteiger partial charge in [0, 0.05) is 6.07 Å². The summed E-state index contributed by atoms with van der Waals surface area (Å²) in [4.78, 5) is 4.00. The Bertz CT molecular complexity index is 454. The van der Waals surface area contributed by atoms with Crippen molar-refractivity contribution in [2.45, 2.75) is 6.54 Å². The number of nitrogens with zero attached hydrogens (tertiary/aromatic N) is 2. The second-order valence-electron chi connectivity index (χ2n) is 3.24. The summed E-state index contributed by atoms with van der Waals surface area (Å²) in [7, 11) is 1.62. The van der Waals surface area contributed by atoms with E-state index in [1.165, 1.54) is 6.33 Å². The number of hydrogen-bond acceptors (Lipinski definition) is 5. The first kappa shape index (κ1) is 10.3. The van der Waals surface area contributed by atoms with Gasteiger partial charge in [0.05, 0.1) is 25.0 Å². The lowest BCUT2D eigenvalue weighted by Gasteiger charge is -2.09. The molecule has 0 aliphatic heterocycles. The highest BCUT2D eigenvalue weighted by molar-refractivity contribution is 5.68. The van der Waals surface area contributed by atoms with Gasteiger partial charge in [-0.3, -0.25) is 5.10 Å². The van der Waals surface area contributed by atoms with E-state index in [-0.39, 0.29) is 0 Å². The number of nitrogens with one attached hydrogen (secondary N) is 2. The van der Waals surface area contributed by atoms with Gasteiger partial charge in [0.15, 0.2) is 0 Å². The van der Waals surface area contributed by atoms with E-state index in [0.717, 1.165) is 17.3 Å². The fourth-order valence-electron chi connectivity index (χ4n) is 1.31. The summed E-state index contributed by atoms with van der Waals surface area (Å²) in [6.07, 6.45) is 1.46. The van der Waals surface area contributed by atoms with Gasteiger partial charge in [-0.1, -0.05) is 0 Å². The molecule has 1 heterocycles. The van der Waals surface area contributed by atoms with Crippen LogP contribution in [-0.2, 0) is 6.54 Å². The zero-order chi connectivity index (χ0) is 11.4. The predicted molar refractivity (Wildman–Crippen MR) is 61.1 cm³/mol. The molecule has 0 fully saturated rings. The van der Waals surface area contributed by atoms with Crippen molar-refractivity contribution in [1.82, 2.24) is 15.2 Å². The number of hydrogen-bond donors (Lipinski definition) is 3. The highest BCUT2D eigenvalue weighted by Gasteiger charge is 2.02. The van der Waals surface area contributed by atoms with Crippen LogP contribution in [0.15, 0.2) is 24.5 Å². The molecule has 1 aromatic heterocycles. The van der Waals surface area contributed by atoms with E-state index in [4.69, 9.17) is 10.5 Å². The predicted octanol–water partition coefficient (Wildman–Crippen LogP) is 1.01. The SMILES string of the molecule is COc1ccc(N)c(NCc2ncn[nH]2)c1. The van der Waals surface area contributed by atoms with Crippen LogP contribution in [0.5, 0.6) is 5.75 Å². The number of methoxy groups -OCH3 is 1. The van der Waals surface area contributed by atoms with Crippen LogP contribution in [0.3, 0.4) is 0 Å². The highest BCUT2D eigenvalue weighted by atomic mass is 16.5. The summed E-state index contributed by atoms with van der Waals surface area (Å²) in [5.41, 5.74) is 7.30. The lowest BCUT2D eigenvalue weighted by Crippen LogP contribution is -2.04. The van der Waals surface area contributed by atoms with Gasteiger partial charge in [0.1, 0.15) is 17.9 Å². The lowest BCUT2D eigenvalue weighted by molar-refractivity contribution is 0.415. The van der Waals surface area contributed by atoms with Crippen molar-refractivity contribution in [3.05, 3.63) is 30.4 Å². The van der Waals surface area contributed by atoms with Crippen LogP contribution in [0.1, 0.15) is 5.82 Å². The molecule has 0 saturated heterocycles. The Morgan fingerprint density at radius 1 is 1.50 bits per heavy atom. The molecule has 84 valence electrons. The van der Waals surface area contributed by atoms with Gasteiger partial charge < -0.3 is 15.8 Å². The number of aromatic amines is 1. The van der Waals surface area contributed by atoms with E-state index in [2.05, 4.69) is 20.5 Å². The maximum absolute atomic E-state index is 5.82. The maximum atomic E-state index is 5.82. The Hall–Kier alpha value is -2.24. The van der Waals surface area contributed by atoms with Gasteiger partial charge in [-0.15, -0.1) is 0 Å². The van der Waals surface area contributed by atoms with Crippen LogP contribution < -0.4 is 15.8 Å². The molecule has 0 aliphatic rings. The summed E-state index contributed by atoms with van der Waals surface area (Å²) in [5.74, 6) is 1.51. The van der Waals surface area contributed by atoms with Gasteiger partial charge in [-0.25, -0.2) is 4.98 Å². The molecule has 2 aromatic rings. The minimum Gasteiger partial charge on any atom is -0.497 e. The van der Waals surface area contributed by atoms with Gasteiger partial charge in [-0.05, 0) is 12.1 Å². The van der Waals surface area contributed by atoms with Crippen molar-refractivity contribution in [3.63, 3.8) is 0 Å². The normalized spacial score (nSPS) is 10.1. The monoisotopic (exact) mass is 219 g/mol. The average molecular weight is 219 g/mol. The van der Waals surface area contributed by atoms with Crippen LogP contribution >= 0.6 is 0 Å². The summed E-state index contributed by atoms with van der Waals surface area (Å²) in [6.45, 7) is 0.539. The second kappa shape index (κ2) is 4.52. The molecule has 0 spiro atoms. The molecule has 0 unspecified atom stereocenters. The van der Waals surface area contributed by atoms with Crippen LogP contribution in [0.4, 0.5) is 11.4 Å². The smallest absolute Gasteiger partial charge is 0.143 e. The van der Waals surface area contributed by atoms with Crippen LogP contribution in [0, 0.1) is 0 Å². The van der Waals surface area contributed by atoms with E-state index >= 15 is 0 Å². The summed E-state index contributed by atoms with van der Waals surface area (Å²) in [5, 5.41) is 9.67. The third-order valence-electron chi connectivity index (χ3n) is 2.17. The first-order chi connectivity index (χ1) is 7.79. The highest BCUT2D eigenvalue weighted by Crippen LogP contribution is 2.24. The van der Waals surface area contributed by atoms with Crippen LogP contribution in [0.2, 0.25) is 0 Å². The number of ether oxygens (including phenoxy) is 1. The molecule has 0 atom stereocenters. The third kappa shape index (κ3) is 2.22. The zero-order valence-electron chi connectivity index (χ0n) is 8.90. The minimum atomic E-state index is 0.539. The molecule has 6 nitrogen and oxygen atoms in total. The largest absolute Gasteiger partial charge is 0.497 e. The molecule has 0 aliphatic carbocycles. The number of nitrogens with two attached hydrogens (primary N) is 1. The fourth-order valence-corrected chi connectivity index (χ4v) is 1.31. The Morgan fingerprint density at radius 2 is 2.38 bits per heavy atom. The van der Waals surface area contributed by atoms with Gasteiger partial charge in [0.2, 0.25) is 0 Å². The molecule has 0 amide bonds. The van der Waals surface area contributed by atoms with Gasteiger partial charge in [-0.2, -0.15) is 5.10 Å². The first-order valence-corrected chi connectivity index (χ1v) is 4.81. The van der Waals surface area contributed by atoms with Crippen molar-refractivity contribution < 1.29 is 4.74 Å². The Balaban J connectivity index is 2.08. The molecule has 6 heteroatoms. The van der Waals surface area contributed by atoms with Crippen molar-refractivity contribution in [3.8, 4) is 5.75 Å². The molecule has 0 radical (unpaired) electrons. The topological polar surface area (TPSA) is 88.8 Å². The second-order valence-corrected chi connectivity index (χ2v) is 3.24. The molecular formula is C10H13N5O. The Labute approximate surface area is 92.8 Å². The Kier molecular flexibility index (Phi) is 2.90. The van der Waals surface area contributed by atoms with Gasteiger partial charge in [0.25, 0.3) is 0 Å². The number of benzene rings is 1. The first-order valence-electron chi connectivity index (χ1n) is 4.81. The number of aromatic nitrogens is 3. The van der Waals surface area contributed by atoms with Crippen molar-refractivity contribution in [2.24, 2.45) is 0 Å². The van der Waals surface area contributed by atoms with E-state index in [0.29, 0.717) is 12.2 Å². The Morgan fingerprint density at radius 3 is 3.06 bits per heavy atom. The standard InChI is InChI=1S/C10H13N5O/c1-16-7-2-3-8(11)9(4-7)12-5-10-13-6-14-15-10/h2-4,6,12H,5,11H2,1H3,(H,13,14,15). The quantitative estimate of drug-likeness (QED) is 0.668. The molecule has 16 heavy (non-hydrogen) atoms.